The number of alkyl halides is 2. The molecular formula is C14H15Cl4N3O2. The van der Waals surface area contributed by atoms with E-state index in [1.54, 1.807) is 32.0 Å². The molecule has 0 saturated carbocycles. The summed E-state index contributed by atoms with van der Waals surface area (Å²) in [6.07, 6.45) is 0.742. The van der Waals surface area contributed by atoms with Crippen LogP contribution in [0.25, 0.3) is 0 Å². The van der Waals surface area contributed by atoms with Gasteiger partial charge in [-0.1, -0.05) is 37.0 Å². The van der Waals surface area contributed by atoms with E-state index >= 15 is 0 Å². The molecule has 2 unspecified atom stereocenters. The van der Waals surface area contributed by atoms with Crippen LogP contribution >= 0.6 is 46.4 Å². The van der Waals surface area contributed by atoms with E-state index < -0.39 is 22.6 Å². The van der Waals surface area contributed by atoms with Gasteiger partial charge in [0, 0.05) is 10.4 Å². The number of rotatable bonds is 6. The average Bonchev–Trinajstić information content (AvgIpc) is 2.99. The van der Waals surface area contributed by atoms with Crippen molar-refractivity contribution in [2.75, 3.05) is 0 Å². The molecule has 9 heteroatoms. The first kappa shape index (κ1) is 18.6. The SMILES string of the molecule is CC(C)(C(Cl)Cl)C(O)C(Oc1ccc(Cl)cc1Cl)n1cncn1. The van der Waals surface area contributed by atoms with Crippen molar-refractivity contribution >= 4 is 46.4 Å². The van der Waals surface area contributed by atoms with Crippen molar-refractivity contribution in [1.82, 2.24) is 14.8 Å². The Labute approximate surface area is 154 Å². The minimum atomic E-state index is -1.09. The minimum Gasteiger partial charge on any atom is -0.464 e. The van der Waals surface area contributed by atoms with Crippen LogP contribution in [0.5, 0.6) is 5.75 Å². The fourth-order valence-electron chi connectivity index (χ4n) is 1.81. The van der Waals surface area contributed by atoms with Gasteiger partial charge in [0.15, 0.2) is 0 Å². The Bertz CT molecular complexity index is 649. The second-order valence-electron chi connectivity index (χ2n) is 5.53. The zero-order valence-corrected chi connectivity index (χ0v) is 15.4. The van der Waals surface area contributed by atoms with Crippen LogP contribution in [-0.2, 0) is 0 Å². The van der Waals surface area contributed by atoms with Gasteiger partial charge in [-0.05, 0) is 18.2 Å². The fourth-order valence-corrected chi connectivity index (χ4v) is 2.52. The van der Waals surface area contributed by atoms with Crippen LogP contribution < -0.4 is 4.74 Å². The molecule has 2 aromatic rings. The van der Waals surface area contributed by atoms with E-state index in [9.17, 15) is 5.11 Å². The zero-order chi connectivity index (χ0) is 17.2. The van der Waals surface area contributed by atoms with E-state index in [0.29, 0.717) is 15.8 Å². The summed E-state index contributed by atoms with van der Waals surface area (Å²) in [6.45, 7) is 3.44. The van der Waals surface area contributed by atoms with Gasteiger partial charge in [0.2, 0.25) is 6.23 Å². The molecule has 0 bridgehead atoms. The number of aliphatic hydroxyl groups is 1. The van der Waals surface area contributed by atoms with Gasteiger partial charge >= 0.3 is 0 Å². The first-order chi connectivity index (χ1) is 10.7. The van der Waals surface area contributed by atoms with Crippen molar-refractivity contribution in [2.45, 2.75) is 31.0 Å². The minimum absolute atomic E-state index is 0.306. The maximum absolute atomic E-state index is 10.7. The summed E-state index contributed by atoms with van der Waals surface area (Å²) in [7, 11) is 0. The third-order valence-corrected chi connectivity index (χ3v) is 5.09. The zero-order valence-electron chi connectivity index (χ0n) is 12.3. The Morgan fingerprint density at radius 3 is 2.48 bits per heavy atom. The summed E-state index contributed by atoms with van der Waals surface area (Å²) < 4.78 is 7.21. The highest BCUT2D eigenvalue weighted by Crippen LogP contribution is 2.39. The van der Waals surface area contributed by atoms with E-state index in [1.165, 1.54) is 17.3 Å². The largest absolute Gasteiger partial charge is 0.464 e. The van der Waals surface area contributed by atoms with E-state index in [2.05, 4.69) is 10.1 Å². The molecule has 23 heavy (non-hydrogen) atoms. The molecule has 2 rings (SSSR count). The Morgan fingerprint density at radius 2 is 1.96 bits per heavy atom. The highest BCUT2D eigenvalue weighted by atomic mass is 35.5. The number of benzene rings is 1. The summed E-state index contributed by atoms with van der Waals surface area (Å²) in [5, 5.41) is 15.5. The van der Waals surface area contributed by atoms with E-state index in [1.807, 2.05) is 0 Å². The highest BCUT2D eigenvalue weighted by molar-refractivity contribution is 6.44. The van der Waals surface area contributed by atoms with Crippen LogP contribution in [0.1, 0.15) is 20.1 Å². The Morgan fingerprint density at radius 1 is 1.26 bits per heavy atom. The third kappa shape index (κ3) is 4.22. The van der Waals surface area contributed by atoms with Crippen LogP contribution in [0.2, 0.25) is 10.0 Å². The van der Waals surface area contributed by atoms with Crippen molar-refractivity contribution in [3.05, 3.63) is 40.9 Å². The molecule has 0 aliphatic heterocycles. The lowest BCUT2D eigenvalue weighted by Gasteiger charge is -2.36. The van der Waals surface area contributed by atoms with Crippen LogP contribution in [0.4, 0.5) is 0 Å². The lowest BCUT2D eigenvalue weighted by Crippen LogP contribution is -2.44. The van der Waals surface area contributed by atoms with Crippen LogP contribution in [0.15, 0.2) is 30.9 Å². The summed E-state index contributed by atoms with van der Waals surface area (Å²) in [4.78, 5) is 3.05. The Hall–Kier alpha value is -0.720. The number of nitrogens with zero attached hydrogens (tertiary/aromatic N) is 3. The quantitative estimate of drug-likeness (QED) is 0.734. The molecule has 0 saturated heterocycles. The monoisotopic (exact) mass is 397 g/mol. The maximum atomic E-state index is 10.7. The summed E-state index contributed by atoms with van der Waals surface area (Å²) in [5.74, 6) is 0.340. The van der Waals surface area contributed by atoms with E-state index in [0.717, 1.165) is 0 Å². The van der Waals surface area contributed by atoms with Gasteiger partial charge < -0.3 is 9.84 Å². The molecule has 2 atom stereocenters. The third-order valence-electron chi connectivity index (χ3n) is 3.43. The molecule has 5 nitrogen and oxygen atoms in total. The lowest BCUT2D eigenvalue weighted by atomic mass is 9.87. The van der Waals surface area contributed by atoms with Gasteiger partial charge in [-0.3, -0.25) is 0 Å². The van der Waals surface area contributed by atoms with Gasteiger partial charge in [-0.25, -0.2) is 9.67 Å². The van der Waals surface area contributed by atoms with Gasteiger partial charge in [0.1, 0.15) is 29.3 Å². The second-order valence-corrected chi connectivity index (χ2v) is 7.47. The molecular weight excluding hydrogens is 384 g/mol. The predicted molar refractivity (Wildman–Crippen MR) is 91.4 cm³/mol. The molecule has 1 heterocycles. The summed E-state index contributed by atoms with van der Waals surface area (Å²) in [5.41, 5.74) is -0.876. The number of ether oxygens (including phenoxy) is 1. The van der Waals surface area contributed by atoms with Gasteiger partial charge in [-0.15, -0.1) is 23.2 Å². The maximum Gasteiger partial charge on any atom is 0.219 e. The molecule has 1 aromatic heterocycles. The van der Waals surface area contributed by atoms with Gasteiger partial charge in [-0.2, -0.15) is 5.10 Å². The topological polar surface area (TPSA) is 60.2 Å². The number of hydrogen-bond donors (Lipinski definition) is 1. The average molecular weight is 399 g/mol. The smallest absolute Gasteiger partial charge is 0.219 e. The predicted octanol–water partition coefficient (Wildman–Crippen LogP) is 4.35. The van der Waals surface area contributed by atoms with Gasteiger partial charge in [0.05, 0.1) is 5.02 Å². The standard InChI is InChI=1S/C14H15Cl4N3O2/c1-14(2,13(17)18)11(22)12(21-7-19-6-20-21)23-10-4-3-8(15)5-9(10)16/h3-7,11-13,22H,1-2H3. The lowest BCUT2D eigenvalue weighted by molar-refractivity contribution is -0.0748. The molecule has 0 aliphatic carbocycles. The summed E-state index contributed by atoms with van der Waals surface area (Å²) >= 11 is 24.0. The molecule has 126 valence electrons. The van der Waals surface area contributed by atoms with Crippen molar-refractivity contribution < 1.29 is 9.84 Å². The number of aromatic nitrogens is 3. The molecule has 0 aliphatic rings. The van der Waals surface area contributed by atoms with Crippen molar-refractivity contribution in [2.24, 2.45) is 5.41 Å². The normalized spacial score (nSPS) is 14.8. The van der Waals surface area contributed by atoms with Crippen molar-refractivity contribution in [1.29, 1.82) is 0 Å². The van der Waals surface area contributed by atoms with Crippen LogP contribution in [0.3, 0.4) is 0 Å². The van der Waals surface area contributed by atoms with Crippen LogP contribution in [-0.4, -0.2) is 30.8 Å². The number of halogens is 4. The fraction of sp³-hybridized carbons (Fsp3) is 0.429. The highest BCUT2D eigenvalue weighted by Gasteiger charge is 2.42. The number of aliphatic hydroxyl groups excluding tert-OH is 1. The molecule has 0 amide bonds. The van der Waals surface area contributed by atoms with Crippen molar-refractivity contribution in [3.8, 4) is 5.75 Å². The summed E-state index contributed by atoms with van der Waals surface area (Å²) in [6, 6.07) is 4.78. The van der Waals surface area contributed by atoms with Gasteiger partial charge in [0.25, 0.3) is 0 Å². The molecule has 0 fully saturated rings. The molecule has 0 radical (unpaired) electrons. The Kier molecular flexibility index (Phi) is 6.03. The van der Waals surface area contributed by atoms with Crippen molar-refractivity contribution in [3.63, 3.8) is 0 Å². The second kappa shape index (κ2) is 7.45. The van der Waals surface area contributed by atoms with E-state index in [-0.39, 0.29) is 0 Å². The molecule has 1 N–H and O–H groups in total. The first-order valence-electron chi connectivity index (χ1n) is 6.65. The Balaban J connectivity index is 2.36. The molecule has 1 aromatic carbocycles. The first-order valence-corrected chi connectivity index (χ1v) is 8.28. The number of hydrogen-bond acceptors (Lipinski definition) is 4. The van der Waals surface area contributed by atoms with E-state index in [4.69, 9.17) is 51.1 Å². The van der Waals surface area contributed by atoms with Crippen LogP contribution in [0, 0.1) is 5.41 Å². The molecule has 0 spiro atoms.